The van der Waals surface area contributed by atoms with Crippen LogP contribution in [0.15, 0.2) is 72.3 Å². The van der Waals surface area contributed by atoms with E-state index in [9.17, 15) is 14.7 Å². The molecule has 4 rings (SSSR count). The third-order valence-corrected chi connectivity index (χ3v) is 6.83. The monoisotopic (exact) mass is 530 g/mol. The zero-order valence-corrected chi connectivity index (χ0v) is 22.9. The number of aliphatic hydroxyl groups is 1. The lowest BCUT2D eigenvalue weighted by Gasteiger charge is -2.27. The van der Waals surface area contributed by atoms with Crippen molar-refractivity contribution in [2.75, 3.05) is 41.4 Å². The highest BCUT2D eigenvalue weighted by atomic mass is 16.5. The van der Waals surface area contributed by atoms with E-state index in [2.05, 4.69) is 0 Å². The van der Waals surface area contributed by atoms with Crippen molar-refractivity contribution in [1.82, 2.24) is 9.80 Å². The van der Waals surface area contributed by atoms with Gasteiger partial charge in [-0.2, -0.15) is 0 Å². The number of ketones is 1. The molecule has 39 heavy (non-hydrogen) atoms. The zero-order valence-electron chi connectivity index (χ0n) is 22.9. The molecule has 1 heterocycles. The van der Waals surface area contributed by atoms with Crippen LogP contribution in [-0.2, 0) is 16.2 Å². The number of carbonyl (C=O) groups excluding carboxylic acids is 2. The van der Waals surface area contributed by atoms with E-state index in [1.54, 1.807) is 42.5 Å². The average molecular weight is 531 g/mol. The van der Waals surface area contributed by atoms with Gasteiger partial charge in [-0.1, -0.05) is 30.3 Å². The van der Waals surface area contributed by atoms with Crippen molar-refractivity contribution in [3.05, 3.63) is 94.6 Å². The number of ether oxygens (including phenoxy) is 3. The Kier molecular flexibility index (Phi) is 8.56. The molecular formula is C31H34N2O6. The lowest BCUT2D eigenvalue weighted by atomic mass is 9.95. The fourth-order valence-corrected chi connectivity index (χ4v) is 4.59. The molecule has 1 fully saturated rings. The Hall–Kier alpha value is -4.30. The van der Waals surface area contributed by atoms with Crippen molar-refractivity contribution in [2.24, 2.45) is 0 Å². The lowest BCUT2D eigenvalue weighted by Crippen LogP contribution is -2.35. The summed E-state index contributed by atoms with van der Waals surface area (Å²) in [6, 6.07) is 19.3. The first-order valence-corrected chi connectivity index (χ1v) is 12.7. The first-order valence-electron chi connectivity index (χ1n) is 12.7. The molecule has 3 aromatic carbocycles. The molecule has 0 radical (unpaired) electrons. The van der Waals surface area contributed by atoms with Crippen molar-refractivity contribution in [2.45, 2.75) is 19.6 Å². The number of amides is 1. The van der Waals surface area contributed by atoms with Gasteiger partial charge in [-0.15, -0.1) is 0 Å². The zero-order chi connectivity index (χ0) is 28.1. The number of likely N-dealkylation sites (tertiary alicyclic amines) is 1. The van der Waals surface area contributed by atoms with Gasteiger partial charge >= 0.3 is 0 Å². The van der Waals surface area contributed by atoms with Gasteiger partial charge < -0.3 is 29.1 Å². The molecule has 1 aliphatic rings. The number of benzene rings is 3. The summed E-state index contributed by atoms with van der Waals surface area (Å²) in [6.07, 6.45) is 0. The summed E-state index contributed by atoms with van der Waals surface area (Å²) < 4.78 is 16.7. The van der Waals surface area contributed by atoms with E-state index in [1.165, 1.54) is 19.1 Å². The van der Waals surface area contributed by atoms with Gasteiger partial charge in [0.1, 0.15) is 18.1 Å². The maximum atomic E-state index is 13.3. The standard InChI is InChI=1S/C31H34N2O6/c1-20-8-6-7-9-23(20)19-39-24-13-10-21(11-14-24)29(34)27-28(22-12-15-25(37-4)26(18-22)38-5)33(17-16-32(2)3)31(36)30(27)35/h6-15,18,28,34H,16-17,19H2,1-5H3/t28-/m0/s1. The highest BCUT2D eigenvalue weighted by Crippen LogP contribution is 2.42. The van der Waals surface area contributed by atoms with Gasteiger partial charge in [0.05, 0.1) is 25.8 Å². The fourth-order valence-electron chi connectivity index (χ4n) is 4.59. The van der Waals surface area contributed by atoms with Crippen LogP contribution in [0.3, 0.4) is 0 Å². The molecule has 1 amide bonds. The predicted octanol–water partition coefficient (Wildman–Crippen LogP) is 4.57. The lowest BCUT2D eigenvalue weighted by molar-refractivity contribution is -0.140. The van der Waals surface area contributed by atoms with Crippen LogP contribution >= 0.6 is 0 Å². The molecule has 1 atom stereocenters. The predicted molar refractivity (Wildman–Crippen MR) is 149 cm³/mol. The van der Waals surface area contributed by atoms with E-state index >= 15 is 0 Å². The van der Waals surface area contributed by atoms with Crippen LogP contribution < -0.4 is 14.2 Å². The van der Waals surface area contributed by atoms with Gasteiger partial charge in [0, 0.05) is 18.7 Å². The SMILES string of the molecule is COc1ccc([C@H]2C(=C(O)c3ccc(OCc4ccccc4C)cc3)C(=O)C(=O)N2CCN(C)C)cc1OC. The number of likely N-dealkylation sites (N-methyl/N-ethyl adjacent to an activating group) is 1. The molecule has 0 unspecified atom stereocenters. The number of methoxy groups -OCH3 is 2. The van der Waals surface area contributed by atoms with Gasteiger partial charge in [0.15, 0.2) is 11.5 Å². The van der Waals surface area contributed by atoms with Crippen molar-refractivity contribution in [3.63, 3.8) is 0 Å². The summed E-state index contributed by atoms with van der Waals surface area (Å²) in [4.78, 5) is 29.9. The number of aliphatic hydroxyl groups excluding tert-OH is 1. The molecule has 1 saturated heterocycles. The van der Waals surface area contributed by atoms with Crippen LogP contribution in [0.4, 0.5) is 0 Å². The molecule has 0 bridgehead atoms. The molecule has 8 nitrogen and oxygen atoms in total. The average Bonchev–Trinajstić information content (AvgIpc) is 3.20. The van der Waals surface area contributed by atoms with E-state index in [1.807, 2.05) is 50.2 Å². The quantitative estimate of drug-likeness (QED) is 0.233. The number of hydrogen-bond donors (Lipinski definition) is 1. The molecule has 8 heteroatoms. The van der Waals surface area contributed by atoms with Crippen LogP contribution in [-0.4, -0.2) is 68.0 Å². The third kappa shape index (κ3) is 5.91. The minimum Gasteiger partial charge on any atom is -0.507 e. The van der Waals surface area contributed by atoms with Gasteiger partial charge in [-0.3, -0.25) is 9.59 Å². The highest BCUT2D eigenvalue weighted by molar-refractivity contribution is 6.46. The minimum atomic E-state index is -0.790. The number of aryl methyl sites for hydroxylation is 1. The Balaban J connectivity index is 1.69. The molecule has 0 aliphatic carbocycles. The van der Waals surface area contributed by atoms with Crippen LogP contribution in [0.2, 0.25) is 0 Å². The Morgan fingerprint density at radius 2 is 1.64 bits per heavy atom. The second kappa shape index (κ2) is 12.0. The summed E-state index contributed by atoms with van der Waals surface area (Å²) in [7, 11) is 6.85. The molecule has 3 aromatic rings. The maximum absolute atomic E-state index is 13.3. The smallest absolute Gasteiger partial charge is 0.295 e. The Bertz CT molecular complexity index is 1380. The van der Waals surface area contributed by atoms with Gasteiger partial charge in [-0.05, 0) is 74.1 Å². The Labute approximate surface area is 229 Å². The van der Waals surface area contributed by atoms with E-state index in [0.29, 0.717) is 48.1 Å². The first kappa shape index (κ1) is 27.7. The van der Waals surface area contributed by atoms with Crippen LogP contribution in [0.25, 0.3) is 5.76 Å². The summed E-state index contributed by atoms with van der Waals surface area (Å²) >= 11 is 0. The third-order valence-electron chi connectivity index (χ3n) is 6.83. The van der Waals surface area contributed by atoms with Crippen molar-refractivity contribution < 1.29 is 28.9 Å². The molecule has 1 aliphatic heterocycles. The maximum Gasteiger partial charge on any atom is 0.295 e. The van der Waals surface area contributed by atoms with E-state index < -0.39 is 17.7 Å². The summed E-state index contributed by atoms with van der Waals surface area (Å²) in [6.45, 7) is 3.29. The summed E-state index contributed by atoms with van der Waals surface area (Å²) in [5, 5.41) is 11.4. The molecule has 0 spiro atoms. The van der Waals surface area contributed by atoms with E-state index in [4.69, 9.17) is 14.2 Å². The second-order valence-corrected chi connectivity index (χ2v) is 9.65. The summed E-state index contributed by atoms with van der Waals surface area (Å²) in [5.41, 5.74) is 3.29. The minimum absolute atomic E-state index is 0.0274. The van der Waals surface area contributed by atoms with Crippen LogP contribution in [0, 0.1) is 6.92 Å². The van der Waals surface area contributed by atoms with E-state index in [-0.39, 0.29) is 11.3 Å². The van der Waals surface area contributed by atoms with Gasteiger partial charge in [0.2, 0.25) is 0 Å². The topological polar surface area (TPSA) is 88.5 Å². The van der Waals surface area contributed by atoms with Crippen molar-refractivity contribution in [3.8, 4) is 17.2 Å². The molecule has 1 N–H and O–H groups in total. The normalized spacial score (nSPS) is 16.6. The van der Waals surface area contributed by atoms with Crippen LogP contribution in [0.5, 0.6) is 17.2 Å². The molecular weight excluding hydrogens is 496 g/mol. The number of rotatable bonds is 10. The Morgan fingerprint density at radius 3 is 2.28 bits per heavy atom. The van der Waals surface area contributed by atoms with Crippen molar-refractivity contribution >= 4 is 17.4 Å². The molecule has 204 valence electrons. The van der Waals surface area contributed by atoms with Gasteiger partial charge in [-0.25, -0.2) is 0 Å². The second-order valence-electron chi connectivity index (χ2n) is 9.65. The first-order chi connectivity index (χ1) is 18.7. The van der Waals surface area contributed by atoms with Crippen molar-refractivity contribution in [1.29, 1.82) is 0 Å². The van der Waals surface area contributed by atoms with E-state index in [0.717, 1.165) is 11.1 Å². The highest BCUT2D eigenvalue weighted by Gasteiger charge is 2.46. The largest absolute Gasteiger partial charge is 0.507 e. The number of carbonyl (C=O) groups is 2. The molecule has 0 saturated carbocycles. The van der Waals surface area contributed by atoms with Gasteiger partial charge in [0.25, 0.3) is 11.7 Å². The summed E-state index contributed by atoms with van der Waals surface area (Å²) in [5.74, 6) is -0.0259. The molecule has 0 aromatic heterocycles. The number of Topliss-reactive ketones (excluding diaryl/α,β-unsaturated/α-hetero) is 1. The Morgan fingerprint density at radius 1 is 0.949 bits per heavy atom. The number of nitrogens with zero attached hydrogens (tertiary/aromatic N) is 2. The number of hydrogen-bond acceptors (Lipinski definition) is 7. The van der Waals surface area contributed by atoms with Crippen LogP contribution in [0.1, 0.15) is 28.3 Å². The fraction of sp³-hybridized carbons (Fsp3) is 0.290.